The molecule has 0 amide bonds. The molecular formula is C15H20FNO2. The third-order valence-corrected chi connectivity index (χ3v) is 4.14. The highest BCUT2D eigenvalue weighted by molar-refractivity contribution is 5.88. The second kappa shape index (κ2) is 5.59. The Labute approximate surface area is 113 Å². The van der Waals surface area contributed by atoms with E-state index in [0.29, 0.717) is 17.6 Å². The molecule has 1 N–H and O–H groups in total. The molecule has 4 heteroatoms. The summed E-state index contributed by atoms with van der Waals surface area (Å²) in [5.74, 6) is -1.02. The van der Waals surface area contributed by atoms with Crippen LogP contribution in [0.1, 0.15) is 43.0 Å². The maximum absolute atomic E-state index is 14.0. The quantitative estimate of drug-likeness (QED) is 0.908. The van der Waals surface area contributed by atoms with Crippen molar-refractivity contribution in [3.05, 3.63) is 29.6 Å². The maximum atomic E-state index is 14.0. The van der Waals surface area contributed by atoms with Gasteiger partial charge in [0.15, 0.2) is 0 Å². The molecule has 1 aliphatic carbocycles. The summed E-state index contributed by atoms with van der Waals surface area (Å²) in [5.41, 5.74) is 0.482. The van der Waals surface area contributed by atoms with E-state index < -0.39 is 11.8 Å². The molecule has 0 aliphatic heterocycles. The SMILES string of the molecule is CC1CCCCC1N(C)c1ccc(C(=O)O)cc1F. The van der Waals surface area contributed by atoms with Gasteiger partial charge in [-0.25, -0.2) is 9.18 Å². The van der Waals surface area contributed by atoms with Crippen molar-refractivity contribution in [1.29, 1.82) is 0 Å². The van der Waals surface area contributed by atoms with E-state index in [1.807, 2.05) is 11.9 Å². The minimum Gasteiger partial charge on any atom is -0.478 e. The molecular weight excluding hydrogens is 245 g/mol. The first-order valence-corrected chi connectivity index (χ1v) is 6.76. The van der Waals surface area contributed by atoms with Crippen molar-refractivity contribution in [2.24, 2.45) is 5.92 Å². The molecule has 1 aliphatic rings. The molecule has 0 aromatic heterocycles. The first-order chi connectivity index (χ1) is 9.00. The number of anilines is 1. The summed E-state index contributed by atoms with van der Waals surface area (Å²) in [7, 11) is 1.89. The molecule has 1 saturated carbocycles. The van der Waals surface area contributed by atoms with Gasteiger partial charge in [0.25, 0.3) is 0 Å². The topological polar surface area (TPSA) is 40.5 Å². The Hall–Kier alpha value is -1.58. The van der Waals surface area contributed by atoms with Gasteiger partial charge in [0.05, 0.1) is 11.3 Å². The smallest absolute Gasteiger partial charge is 0.335 e. The molecule has 2 rings (SSSR count). The van der Waals surface area contributed by atoms with Gasteiger partial charge in [0.1, 0.15) is 5.82 Å². The van der Waals surface area contributed by atoms with Crippen molar-refractivity contribution in [1.82, 2.24) is 0 Å². The number of carboxylic acid groups (broad SMARTS) is 1. The second-order valence-electron chi connectivity index (χ2n) is 5.41. The van der Waals surface area contributed by atoms with Crippen molar-refractivity contribution in [3.63, 3.8) is 0 Å². The van der Waals surface area contributed by atoms with Crippen LogP contribution in [0.5, 0.6) is 0 Å². The summed E-state index contributed by atoms with van der Waals surface area (Å²) in [6.07, 6.45) is 4.65. The van der Waals surface area contributed by atoms with Gasteiger partial charge >= 0.3 is 5.97 Å². The molecule has 1 fully saturated rings. The van der Waals surface area contributed by atoms with Crippen LogP contribution in [-0.2, 0) is 0 Å². The van der Waals surface area contributed by atoms with E-state index >= 15 is 0 Å². The lowest BCUT2D eigenvalue weighted by molar-refractivity contribution is 0.0696. The summed E-state index contributed by atoms with van der Waals surface area (Å²) in [6.45, 7) is 2.20. The van der Waals surface area contributed by atoms with Crippen LogP contribution in [0.4, 0.5) is 10.1 Å². The Morgan fingerprint density at radius 1 is 1.37 bits per heavy atom. The zero-order valence-electron chi connectivity index (χ0n) is 11.4. The molecule has 19 heavy (non-hydrogen) atoms. The standard InChI is InChI=1S/C15H20FNO2/c1-10-5-3-4-6-13(10)17(2)14-8-7-11(15(18)19)9-12(14)16/h7-10,13H,3-6H2,1-2H3,(H,18,19). The van der Waals surface area contributed by atoms with Crippen LogP contribution in [0.25, 0.3) is 0 Å². The summed E-state index contributed by atoms with van der Waals surface area (Å²) >= 11 is 0. The van der Waals surface area contributed by atoms with Gasteiger partial charge in [-0.15, -0.1) is 0 Å². The van der Waals surface area contributed by atoms with Gasteiger partial charge in [-0.2, -0.15) is 0 Å². The van der Waals surface area contributed by atoms with E-state index in [9.17, 15) is 9.18 Å². The lowest BCUT2D eigenvalue weighted by Gasteiger charge is -2.37. The fraction of sp³-hybridized carbons (Fsp3) is 0.533. The molecule has 0 heterocycles. The zero-order chi connectivity index (χ0) is 14.0. The summed E-state index contributed by atoms with van der Waals surface area (Å²) in [4.78, 5) is 12.8. The first kappa shape index (κ1) is 13.8. The maximum Gasteiger partial charge on any atom is 0.335 e. The third-order valence-electron chi connectivity index (χ3n) is 4.14. The Balaban J connectivity index is 2.23. The average molecular weight is 265 g/mol. The van der Waals surface area contributed by atoms with E-state index in [1.165, 1.54) is 25.3 Å². The number of hydrogen-bond donors (Lipinski definition) is 1. The van der Waals surface area contributed by atoms with Crippen LogP contribution in [0.15, 0.2) is 18.2 Å². The van der Waals surface area contributed by atoms with Crippen molar-refractivity contribution in [2.75, 3.05) is 11.9 Å². The van der Waals surface area contributed by atoms with Crippen LogP contribution < -0.4 is 4.90 Å². The number of carbonyl (C=O) groups is 1. The number of nitrogens with zero attached hydrogens (tertiary/aromatic N) is 1. The van der Waals surface area contributed by atoms with Gasteiger partial charge in [0, 0.05) is 13.1 Å². The van der Waals surface area contributed by atoms with Gasteiger partial charge in [-0.1, -0.05) is 19.8 Å². The molecule has 0 radical (unpaired) electrons. The third kappa shape index (κ3) is 2.88. The summed E-state index contributed by atoms with van der Waals surface area (Å²) < 4.78 is 14.0. The molecule has 1 aromatic carbocycles. The molecule has 0 spiro atoms. The van der Waals surface area contributed by atoms with Gasteiger partial charge in [-0.05, 0) is 37.0 Å². The van der Waals surface area contributed by atoms with E-state index in [1.54, 1.807) is 6.07 Å². The van der Waals surface area contributed by atoms with Crippen LogP contribution >= 0.6 is 0 Å². The molecule has 0 saturated heterocycles. The Morgan fingerprint density at radius 3 is 2.63 bits per heavy atom. The molecule has 2 unspecified atom stereocenters. The molecule has 1 aromatic rings. The van der Waals surface area contributed by atoms with Crippen LogP contribution in [0.3, 0.4) is 0 Å². The number of halogens is 1. The number of rotatable bonds is 3. The van der Waals surface area contributed by atoms with E-state index in [-0.39, 0.29) is 5.56 Å². The fourth-order valence-electron chi connectivity index (χ4n) is 2.98. The lowest BCUT2D eigenvalue weighted by Crippen LogP contribution is -2.39. The molecule has 104 valence electrons. The predicted octanol–water partition coefficient (Wildman–Crippen LogP) is 3.54. The Kier molecular flexibility index (Phi) is 4.08. The zero-order valence-corrected chi connectivity index (χ0v) is 11.4. The van der Waals surface area contributed by atoms with Gasteiger partial charge in [0.2, 0.25) is 0 Å². The largest absolute Gasteiger partial charge is 0.478 e. The first-order valence-electron chi connectivity index (χ1n) is 6.76. The molecule has 0 bridgehead atoms. The Morgan fingerprint density at radius 2 is 2.05 bits per heavy atom. The molecule has 3 nitrogen and oxygen atoms in total. The number of hydrogen-bond acceptors (Lipinski definition) is 2. The average Bonchev–Trinajstić information content (AvgIpc) is 2.38. The fourth-order valence-corrected chi connectivity index (χ4v) is 2.98. The van der Waals surface area contributed by atoms with E-state index in [2.05, 4.69) is 6.92 Å². The van der Waals surface area contributed by atoms with E-state index in [4.69, 9.17) is 5.11 Å². The Bertz CT molecular complexity index is 475. The highest BCUT2D eigenvalue weighted by atomic mass is 19.1. The number of carboxylic acids is 1. The second-order valence-corrected chi connectivity index (χ2v) is 5.41. The van der Waals surface area contributed by atoms with Crippen LogP contribution in [-0.4, -0.2) is 24.2 Å². The van der Waals surface area contributed by atoms with Crippen molar-refractivity contribution >= 4 is 11.7 Å². The summed E-state index contributed by atoms with van der Waals surface area (Å²) in [5, 5.41) is 8.85. The summed E-state index contributed by atoms with van der Waals surface area (Å²) in [6, 6.07) is 4.46. The monoisotopic (exact) mass is 265 g/mol. The van der Waals surface area contributed by atoms with Crippen LogP contribution in [0.2, 0.25) is 0 Å². The predicted molar refractivity (Wildman–Crippen MR) is 73.2 cm³/mol. The highest BCUT2D eigenvalue weighted by Crippen LogP contribution is 2.31. The minimum absolute atomic E-state index is 0.00802. The lowest BCUT2D eigenvalue weighted by atomic mass is 9.85. The number of aromatic carboxylic acids is 1. The molecule has 2 atom stereocenters. The van der Waals surface area contributed by atoms with Crippen molar-refractivity contribution < 1.29 is 14.3 Å². The van der Waals surface area contributed by atoms with Crippen molar-refractivity contribution in [3.8, 4) is 0 Å². The number of benzene rings is 1. The van der Waals surface area contributed by atoms with Crippen molar-refractivity contribution in [2.45, 2.75) is 38.6 Å². The normalized spacial score (nSPS) is 23.1. The van der Waals surface area contributed by atoms with Gasteiger partial charge < -0.3 is 10.0 Å². The highest BCUT2D eigenvalue weighted by Gasteiger charge is 2.26. The van der Waals surface area contributed by atoms with Crippen LogP contribution in [0, 0.1) is 11.7 Å². The van der Waals surface area contributed by atoms with E-state index in [0.717, 1.165) is 12.5 Å². The van der Waals surface area contributed by atoms with Gasteiger partial charge in [-0.3, -0.25) is 0 Å². The minimum atomic E-state index is -1.10.